The summed E-state index contributed by atoms with van der Waals surface area (Å²) in [5, 5.41) is 7.47. The highest BCUT2D eigenvalue weighted by atomic mass is 35.5. The smallest absolute Gasteiger partial charge is 0.246 e. The molecule has 0 saturated carbocycles. The van der Waals surface area contributed by atoms with Gasteiger partial charge in [0.25, 0.3) is 0 Å². The third kappa shape index (κ3) is 3.90. The molecule has 4 rings (SSSR count). The van der Waals surface area contributed by atoms with Crippen molar-refractivity contribution >= 4 is 40.8 Å². The van der Waals surface area contributed by atoms with Crippen LogP contribution in [0.4, 0.5) is 0 Å². The van der Waals surface area contributed by atoms with Gasteiger partial charge >= 0.3 is 0 Å². The number of rotatable bonds is 5. The van der Waals surface area contributed by atoms with Crippen molar-refractivity contribution in [3.63, 3.8) is 0 Å². The van der Waals surface area contributed by atoms with Gasteiger partial charge in [-0.2, -0.15) is 4.98 Å². The van der Waals surface area contributed by atoms with Gasteiger partial charge < -0.3 is 9.84 Å². The minimum atomic E-state index is -0.329. The van der Waals surface area contributed by atoms with Crippen LogP contribution in [0, 0.1) is 0 Å². The number of amides is 1. The van der Waals surface area contributed by atoms with Crippen LogP contribution in [0.25, 0.3) is 23.1 Å². The Balaban J connectivity index is 1.41. The van der Waals surface area contributed by atoms with E-state index in [0.29, 0.717) is 27.3 Å². The van der Waals surface area contributed by atoms with Crippen molar-refractivity contribution in [2.24, 2.45) is 0 Å². The third-order valence-corrected chi connectivity index (χ3v) is 4.39. The Morgan fingerprint density at radius 1 is 1.18 bits per heavy atom. The molecule has 7 nitrogen and oxygen atoms in total. The van der Waals surface area contributed by atoms with Crippen molar-refractivity contribution in [1.29, 1.82) is 0 Å². The van der Waals surface area contributed by atoms with Gasteiger partial charge in [0.05, 0.1) is 12.2 Å². The number of hydrogen-bond donors (Lipinski definition) is 1. The molecule has 0 saturated heterocycles. The van der Waals surface area contributed by atoms with E-state index in [9.17, 15) is 4.79 Å². The molecule has 0 bridgehead atoms. The van der Waals surface area contributed by atoms with E-state index in [-0.39, 0.29) is 18.3 Å². The normalized spacial score (nSPS) is 11.4. The third-order valence-electron chi connectivity index (χ3n) is 3.88. The van der Waals surface area contributed by atoms with Crippen LogP contribution in [0.1, 0.15) is 11.6 Å². The highest BCUT2D eigenvalue weighted by Crippen LogP contribution is 2.20. The number of imidazole rings is 1. The van der Waals surface area contributed by atoms with Gasteiger partial charge in [-0.25, -0.2) is 4.98 Å². The SMILES string of the molecule is O=C(/C=C/c1c(Cl)nc2ccccn12)NCc1nc(-c2cccc(Cl)c2)no1. The topological polar surface area (TPSA) is 85.3 Å². The minimum Gasteiger partial charge on any atom is -0.343 e. The van der Waals surface area contributed by atoms with E-state index in [1.807, 2.05) is 30.5 Å². The van der Waals surface area contributed by atoms with E-state index >= 15 is 0 Å². The van der Waals surface area contributed by atoms with Crippen LogP contribution < -0.4 is 5.32 Å². The Labute approximate surface area is 169 Å². The first-order chi connectivity index (χ1) is 13.6. The zero-order chi connectivity index (χ0) is 19.5. The van der Waals surface area contributed by atoms with Gasteiger partial charge in [0.2, 0.25) is 17.6 Å². The predicted octanol–water partition coefficient (Wildman–Crippen LogP) is 4.02. The number of carbonyl (C=O) groups is 1. The summed E-state index contributed by atoms with van der Waals surface area (Å²) in [6.07, 6.45) is 4.79. The van der Waals surface area contributed by atoms with Gasteiger partial charge in [-0.05, 0) is 30.3 Å². The summed E-state index contributed by atoms with van der Waals surface area (Å²) in [6, 6.07) is 12.7. The number of nitrogens with one attached hydrogen (secondary N) is 1. The molecule has 1 N–H and O–H groups in total. The number of halogens is 2. The predicted molar refractivity (Wildman–Crippen MR) is 106 cm³/mol. The monoisotopic (exact) mass is 413 g/mol. The van der Waals surface area contributed by atoms with E-state index < -0.39 is 0 Å². The van der Waals surface area contributed by atoms with Crippen LogP contribution >= 0.6 is 23.2 Å². The summed E-state index contributed by atoms with van der Waals surface area (Å²) >= 11 is 12.1. The first kappa shape index (κ1) is 18.2. The second-order valence-electron chi connectivity index (χ2n) is 5.79. The number of nitrogens with zero attached hydrogens (tertiary/aromatic N) is 4. The molecule has 0 radical (unpaired) electrons. The van der Waals surface area contributed by atoms with Gasteiger partial charge in [-0.3, -0.25) is 9.20 Å². The number of benzene rings is 1. The van der Waals surface area contributed by atoms with Gasteiger partial charge in [0, 0.05) is 22.9 Å². The van der Waals surface area contributed by atoms with Gasteiger partial charge in [0.1, 0.15) is 5.65 Å². The van der Waals surface area contributed by atoms with E-state index in [2.05, 4.69) is 20.4 Å². The quantitative estimate of drug-likeness (QED) is 0.499. The van der Waals surface area contributed by atoms with Gasteiger partial charge in [-0.15, -0.1) is 0 Å². The summed E-state index contributed by atoms with van der Waals surface area (Å²) in [4.78, 5) is 20.6. The Kier molecular flexibility index (Phi) is 5.10. The molecular weight excluding hydrogens is 401 g/mol. The lowest BCUT2D eigenvalue weighted by molar-refractivity contribution is -0.116. The number of carbonyl (C=O) groups excluding carboxylic acids is 1. The molecule has 0 atom stereocenters. The van der Waals surface area contributed by atoms with Crippen molar-refractivity contribution in [3.8, 4) is 11.4 Å². The largest absolute Gasteiger partial charge is 0.343 e. The first-order valence-electron chi connectivity index (χ1n) is 8.27. The Morgan fingerprint density at radius 2 is 2.07 bits per heavy atom. The van der Waals surface area contributed by atoms with Crippen molar-refractivity contribution < 1.29 is 9.32 Å². The summed E-state index contributed by atoms with van der Waals surface area (Å²) in [6.45, 7) is 0.0949. The molecule has 0 aliphatic rings. The Morgan fingerprint density at radius 3 is 2.93 bits per heavy atom. The van der Waals surface area contributed by atoms with Crippen LogP contribution in [-0.4, -0.2) is 25.4 Å². The van der Waals surface area contributed by atoms with Crippen molar-refractivity contribution in [1.82, 2.24) is 24.8 Å². The molecule has 140 valence electrons. The van der Waals surface area contributed by atoms with E-state index in [1.54, 1.807) is 28.7 Å². The average molecular weight is 414 g/mol. The van der Waals surface area contributed by atoms with E-state index in [0.717, 1.165) is 5.56 Å². The average Bonchev–Trinajstić information content (AvgIpc) is 3.28. The van der Waals surface area contributed by atoms with Gasteiger partial charge in [-0.1, -0.05) is 46.6 Å². The molecule has 0 aliphatic carbocycles. The zero-order valence-corrected chi connectivity index (χ0v) is 15.9. The van der Waals surface area contributed by atoms with Crippen LogP contribution in [0.5, 0.6) is 0 Å². The van der Waals surface area contributed by atoms with Gasteiger partial charge in [0.15, 0.2) is 5.15 Å². The summed E-state index contributed by atoms with van der Waals surface area (Å²) < 4.78 is 6.95. The lowest BCUT2D eigenvalue weighted by Gasteiger charge is -1.98. The molecule has 1 amide bonds. The molecule has 3 heterocycles. The van der Waals surface area contributed by atoms with Crippen molar-refractivity contribution in [3.05, 3.63) is 76.5 Å². The summed E-state index contributed by atoms with van der Waals surface area (Å²) in [7, 11) is 0. The molecule has 28 heavy (non-hydrogen) atoms. The second kappa shape index (κ2) is 7.84. The van der Waals surface area contributed by atoms with Crippen molar-refractivity contribution in [2.75, 3.05) is 0 Å². The second-order valence-corrected chi connectivity index (χ2v) is 6.58. The summed E-state index contributed by atoms with van der Waals surface area (Å²) in [5.74, 6) is 0.355. The highest BCUT2D eigenvalue weighted by molar-refractivity contribution is 6.31. The van der Waals surface area contributed by atoms with Crippen LogP contribution in [0.3, 0.4) is 0 Å². The number of aromatic nitrogens is 4. The molecule has 9 heteroatoms. The lowest BCUT2D eigenvalue weighted by Crippen LogP contribution is -2.20. The molecule has 0 spiro atoms. The fourth-order valence-corrected chi connectivity index (χ4v) is 3.01. The molecule has 3 aromatic heterocycles. The van der Waals surface area contributed by atoms with Crippen LogP contribution in [-0.2, 0) is 11.3 Å². The fourth-order valence-electron chi connectivity index (χ4n) is 2.58. The van der Waals surface area contributed by atoms with E-state index in [4.69, 9.17) is 27.7 Å². The molecule has 0 unspecified atom stereocenters. The van der Waals surface area contributed by atoms with Crippen molar-refractivity contribution in [2.45, 2.75) is 6.54 Å². The maximum Gasteiger partial charge on any atom is 0.246 e. The molecule has 0 aliphatic heterocycles. The molecule has 1 aromatic carbocycles. The van der Waals surface area contributed by atoms with Crippen LogP contribution in [0.15, 0.2) is 59.3 Å². The number of hydrogen-bond acceptors (Lipinski definition) is 5. The zero-order valence-electron chi connectivity index (χ0n) is 14.3. The summed E-state index contributed by atoms with van der Waals surface area (Å²) in [5.41, 5.74) is 2.05. The number of fused-ring (bicyclic) bond motifs is 1. The molecule has 4 aromatic rings. The number of pyridine rings is 1. The lowest BCUT2D eigenvalue weighted by atomic mass is 10.2. The van der Waals surface area contributed by atoms with Crippen LogP contribution in [0.2, 0.25) is 10.2 Å². The Hall–Kier alpha value is -3.16. The maximum atomic E-state index is 12.1. The fraction of sp³-hybridized carbons (Fsp3) is 0.0526. The standard InChI is InChI=1S/C19H13Cl2N5O2/c20-13-5-3-4-12(10-13)19-24-17(28-25-19)11-22-16(27)8-7-14-18(21)23-15-6-1-2-9-26(14)15/h1-10H,11H2,(H,22,27)/b8-7+. The molecular formula is C19H13Cl2N5O2. The minimum absolute atomic E-state index is 0.0949. The Bertz CT molecular complexity index is 1180. The maximum absolute atomic E-state index is 12.1. The van der Waals surface area contributed by atoms with E-state index in [1.165, 1.54) is 6.08 Å². The first-order valence-corrected chi connectivity index (χ1v) is 9.03. The molecule has 0 fully saturated rings. The highest BCUT2D eigenvalue weighted by Gasteiger charge is 2.10.